The first kappa shape index (κ1) is 10.7. The molecule has 0 saturated carbocycles. The highest BCUT2D eigenvalue weighted by atomic mass is 79.9. The van der Waals surface area contributed by atoms with Crippen molar-refractivity contribution < 1.29 is 0 Å². The van der Waals surface area contributed by atoms with Crippen LogP contribution < -0.4 is 5.73 Å². The van der Waals surface area contributed by atoms with E-state index in [1.165, 1.54) is 11.1 Å². The molecule has 0 unspecified atom stereocenters. The topological polar surface area (TPSA) is 26.0 Å². The highest BCUT2D eigenvalue weighted by molar-refractivity contribution is 9.10. The van der Waals surface area contributed by atoms with Crippen molar-refractivity contribution in [2.45, 2.75) is 32.7 Å². The Balaban J connectivity index is 2.91. The Morgan fingerprint density at radius 3 is 2.77 bits per heavy atom. The lowest BCUT2D eigenvalue weighted by atomic mass is 9.99. The molecular formula is C11H16BrN. The summed E-state index contributed by atoms with van der Waals surface area (Å²) in [4.78, 5) is 0. The van der Waals surface area contributed by atoms with Crippen LogP contribution in [0.4, 0.5) is 0 Å². The standard InChI is InChI=1S/C11H16BrN/c1-3-4-11(13)10-7-9(12)6-5-8(10)2/h5-7,11H,3-4,13H2,1-2H3/t11-/m0/s1. The second-order valence-corrected chi connectivity index (χ2v) is 4.31. The van der Waals surface area contributed by atoms with Gasteiger partial charge in [0.15, 0.2) is 0 Å². The zero-order valence-electron chi connectivity index (χ0n) is 8.18. The minimum absolute atomic E-state index is 0.183. The van der Waals surface area contributed by atoms with Crippen molar-refractivity contribution in [3.63, 3.8) is 0 Å². The number of nitrogens with two attached hydrogens (primary N) is 1. The summed E-state index contributed by atoms with van der Waals surface area (Å²) in [6, 6.07) is 6.46. The largest absolute Gasteiger partial charge is 0.324 e. The van der Waals surface area contributed by atoms with Gasteiger partial charge in [-0.05, 0) is 36.6 Å². The lowest BCUT2D eigenvalue weighted by Crippen LogP contribution is -2.11. The van der Waals surface area contributed by atoms with E-state index in [9.17, 15) is 0 Å². The van der Waals surface area contributed by atoms with Gasteiger partial charge in [0.2, 0.25) is 0 Å². The predicted molar refractivity (Wildman–Crippen MR) is 60.7 cm³/mol. The minimum Gasteiger partial charge on any atom is -0.324 e. The van der Waals surface area contributed by atoms with Gasteiger partial charge in [-0.3, -0.25) is 0 Å². The number of aryl methyl sites for hydroxylation is 1. The van der Waals surface area contributed by atoms with E-state index >= 15 is 0 Å². The van der Waals surface area contributed by atoms with Gasteiger partial charge in [0.1, 0.15) is 0 Å². The average molecular weight is 242 g/mol. The molecule has 1 aromatic rings. The second-order valence-electron chi connectivity index (χ2n) is 3.40. The molecular weight excluding hydrogens is 226 g/mol. The molecule has 0 saturated heterocycles. The predicted octanol–water partition coefficient (Wildman–Crippen LogP) is 3.56. The quantitative estimate of drug-likeness (QED) is 0.861. The first-order chi connectivity index (χ1) is 6.15. The Morgan fingerprint density at radius 1 is 1.46 bits per heavy atom. The van der Waals surface area contributed by atoms with Gasteiger partial charge in [-0.1, -0.05) is 35.3 Å². The fourth-order valence-corrected chi connectivity index (χ4v) is 1.86. The molecule has 0 amide bonds. The fraction of sp³-hybridized carbons (Fsp3) is 0.455. The van der Waals surface area contributed by atoms with Crippen LogP contribution >= 0.6 is 15.9 Å². The van der Waals surface area contributed by atoms with E-state index in [-0.39, 0.29) is 6.04 Å². The fourth-order valence-electron chi connectivity index (χ4n) is 1.48. The van der Waals surface area contributed by atoms with E-state index in [4.69, 9.17) is 5.73 Å². The maximum absolute atomic E-state index is 6.05. The molecule has 0 aromatic heterocycles. The zero-order valence-corrected chi connectivity index (χ0v) is 9.76. The Kier molecular flexibility index (Phi) is 3.94. The van der Waals surface area contributed by atoms with Gasteiger partial charge < -0.3 is 5.73 Å². The van der Waals surface area contributed by atoms with E-state index in [0.717, 1.165) is 17.3 Å². The van der Waals surface area contributed by atoms with Crippen molar-refractivity contribution in [2.24, 2.45) is 5.73 Å². The van der Waals surface area contributed by atoms with Crippen LogP contribution in [0.25, 0.3) is 0 Å². The lowest BCUT2D eigenvalue weighted by molar-refractivity contribution is 0.635. The van der Waals surface area contributed by atoms with Crippen molar-refractivity contribution >= 4 is 15.9 Å². The van der Waals surface area contributed by atoms with E-state index in [1.54, 1.807) is 0 Å². The molecule has 1 aromatic carbocycles. The first-order valence-corrected chi connectivity index (χ1v) is 5.46. The second kappa shape index (κ2) is 4.77. The van der Waals surface area contributed by atoms with Crippen molar-refractivity contribution in [1.82, 2.24) is 0 Å². The van der Waals surface area contributed by atoms with Crippen LogP contribution in [0.15, 0.2) is 22.7 Å². The Bertz CT molecular complexity index is 283. The molecule has 0 heterocycles. The van der Waals surface area contributed by atoms with Crippen LogP contribution in [0, 0.1) is 6.92 Å². The number of hydrogen-bond donors (Lipinski definition) is 1. The number of benzene rings is 1. The molecule has 0 aliphatic heterocycles. The zero-order chi connectivity index (χ0) is 9.84. The molecule has 72 valence electrons. The SMILES string of the molecule is CCC[C@H](N)c1cc(Br)ccc1C. The van der Waals surface area contributed by atoms with Crippen molar-refractivity contribution in [1.29, 1.82) is 0 Å². The summed E-state index contributed by atoms with van der Waals surface area (Å²) in [5, 5.41) is 0. The van der Waals surface area contributed by atoms with Gasteiger partial charge in [-0.2, -0.15) is 0 Å². The third-order valence-electron chi connectivity index (χ3n) is 2.24. The average Bonchev–Trinajstić information content (AvgIpc) is 2.09. The summed E-state index contributed by atoms with van der Waals surface area (Å²) in [5.74, 6) is 0. The molecule has 2 heteroatoms. The van der Waals surface area contributed by atoms with Crippen LogP contribution in [0.3, 0.4) is 0 Å². The highest BCUT2D eigenvalue weighted by Gasteiger charge is 2.07. The molecule has 0 radical (unpaired) electrons. The number of hydrogen-bond acceptors (Lipinski definition) is 1. The van der Waals surface area contributed by atoms with Crippen LogP contribution in [0.2, 0.25) is 0 Å². The Hall–Kier alpha value is -0.340. The summed E-state index contributed by atoms with van der Waals surface area (Å²) in [5.41, 5.74) is 8.60. The molecule has 1 nitrogen and oxygen atoms in total. The maximum atomic E-state index is 6.05. The van der Waals surface area contributed by atoms with E-state index in [2.05, 4.69) is 48.0 Å². The minimum atomic E-state index is 0.183. The van der Waals surface area contributed by atoms with Crippen LogP contribution in [-0.2, 0) is 0 Å². The van der Waals surface area contributed by atoms with Crippen molar-refractivity contribution in [3.05, 3.63) is 33.8 Å². The van der Waals surface area contributed by atoms with Crippen LogP contribution in [-0.4, -0.2) is 0 Å². The Morgan fingerprint density at radius 2 is 2.15 bits per heavy atom. The summed E-state index contributed by atoms with van der Waals surface area (Å²) in [7, 11) is 0. The molecule has 0 bridgehead atoms. The smallest absolute Gasteiger partial charge is 0.0297 e. The number of halogens is 1. The molecule has 1 atom stereocenters. The molecule has 2 N–H and O–H groups in total. The van der Waals surface area contributed by atoms with Gasteiger partial charge in [-0.15, -0.1) is 0 Å². The molecule has 0 aliphatic rings. The van der Waals surface area contributed by atoms with E-state index in [0.29, 0.717) is 0 Å². The Labute approximate surface area is 88.5 Å². The van der Waals surface area contributed by atoms with Crippen molar-refractivity contribution in [3.8, 4) is 0 Å². The van der Waals surface area contributed by atoms with E-state index < -0.39 is 0 Å². The summed E-state index contributed by atoms with van der Waals surface area (Å²) in [6.45, 7) is 4.27. The third kappa shape index (κ3) is 2.82. The monoisotopic (exact) mass is 241 g/mol. The third-order valence-corrected chi connectivity index (χ3v) is 2.73. The van der Waals surface area contributed by atoms with Gasteiger partial charge in [0.05, 0.1) is 0 Å². The molecule has 0 fully saturated rings. The highest BCUT2D eigenvalue weighted by Crippen LogP contribution is 2.23. The maximum Gasteiger partial charge on any atom is 0.0297 e. The molecule has 0 spiro atoms. The van der Waals surface area contributed by atoms with Gasteiger partial charge in [0.25, 0.3) is 0 Å². The lowest BCUT2D eigenvalue weighted by Gasteiger charge is -2.13. The number of rotatable bonds is 3. The van der Waals surface area contributed by atoms with Crippen LogP contribution in [0.1, 0.15) is 36.9 Å². The van der Waals surface area contributed by atoms with Crippen LogP contribution in [0.5, 0.6) is 0 Å². The van der Waals surface area contributed by atoms with Gasteiger partial charge >= 0.3 is 0 Å². The van der Waals surface area contributed by atoms with Gasteiger partial charge in [0, 0.05) is 10.5 Å². The molecule has 13 heavy (non-hydrogen) atoms. The van der Waals surface area contributed by atoms with E-state index in [1.807, 2.05) is 0 Å². The van der Waals surface area contributed by atoms with Crippen molar-refractivity contribution in [2.75, 3.05) is 0 Å². The first-order valence-electron chi connectivity index (χ1n) is 4.66. The summed E-state index contributed by atoms with van der Waals surface area (Å²) < 4.78 is 1.11. The summed E-state index contributed by atoms with van der Waals surface area (Å²) in [6.07, 6.45) is 2.18. The summed E-state index contributed by atoms with van der Waals surface area (Å²) >= 11 is 3.46. The molecule has 1 rings (SSSR count). The normalized spacial score (nSPS) is 12.9. The van der Waals surface area contributed by atoms with Gasteiger partial charge in [-0.25, -0.2) is 0 Å². The molecule has 0 aliphatic carbocycles.